The summed E-state index contributed by atoms with van der Waals surface area (Å²) in [4.78, 5) is 14.3. The summed E-state index contributed by atoms with van der Waals surface area (Å²) in [6, 6.07) is 26.1. The van der Waals surface area contributed by atoms with Crippen LogP contribution in [0, 0.1) is 0 Å². The Balaban J connectivity index is 1.37. The fourth-order valence-electron chi connectivity index (χ4n) is 3.53. The van der Waals surface area contributed by atoms with Gasteiger partial charge >= 0.3 is 6.03 Å². The molecule has 2 amide bonds. The van der Waals surface area contributed by atoms with Crippen molar-refractivity contribution in [1.82, 2.24) is 19.9 Å². The summed E-state index contributed by atoms with van der Waals surface area (Å²) in [5.74, 6) is 0. The molecule has 0 spiro atoms. The summed E-state index contributed by atoms with van der Waals surface area (Å²) in [6.07, 6.45) is 1.86. The van der Waals surface area contributed by atoms with Crippen LogP contribution in [0.2, 0.25) is 0 Å². The highest BCUT2D eigenvalue weighted by Crippen LogP contribution is 2.29. The number of para-hydroxylation sites is 1. The Hall–Kier alpha value is -3.93. The Morgan fingerprint density at radius 1 is 0.897 bits per heavy atom. The van der Waals surface area contributed by atoms with Crippen LogP contribution in [0.15, 0.2) is 85.1 Å². The highest BCUT2D eigenvalue weighted by atomic mass is 16.2. The number of nitrogens with one attached hydrogen (secondary N) is 1. The lowest BCUT2D eigenvalue weighted by molar-refractivity contribution is 0.203. The SMILES string of the molecule is O=C1Nc2ccc(-c3ccccc3)cc2CN1Cc1cn(-c2ccccc2)nn1. The summed E-state index contributed by atoms with van der Waals surface area (Å²) >= 11 is 0. The van der Waals surface area contributed by atoms with Crippen LogP contribution in [0.25, 0.3) is 16.8 Å². The van der Waals surface area contributed by atoms with Crippen molar-refractivity contribution in [3.8, 4) is 16.8 Å². The molecular weight excluding hydrogens is 362 g/mol. The zero-order valence-corrected chi connectivity index (χ0v) is 15.7. The van der Waals surface area contributed by atoms with Crippen LogP contribution in [0.4, 0.5) is 10.5 Å². The van der Waals surface area contributed by atoms with E-state index in [9.17, 15) is 4.79 Å². The second-order valence-electron chi connectivity index (χ2n) is 7.01. The molecule has 0 atom stereocenters. The standard InChI is InChI=1S/C23H19N5O/c29-23-24-22-12-11-18(17-7-3-1-4-8-17)13-19(22)14-27(23)15-20-16-28(26-25-20)21-9-5-2-6-10-21/h1-13,16H,14-15H2,(H,24,29). The van der Waals surface area contributed by atoms with E-state index < -0.39 is 0 Å². The first-order valence-corrected chi connectivity index (χ1v) is 9.47. The predicted octanol–water partition coefficient (Wildman–Crippen LogP) is 4.48. The molecule has 5 rings (SSSR count). The maximum Gasteiger partial charge on any atom is 0.322 e. The summed E-state index contributed by atoms with van der Waals surface area (Å²) in [5, 5.41) is 11.4. The molecule has 1 aliphatic rings. The number of hydrogen-bond acceptors (Lipinski definition) is 3. The van der Waals surface area contributed by atoms with E-state index in [0.29, 0.717) is 13.1 Å². The number of nitrogens with zero attached hydrogens (tertiary/aromatic N) is 4. The number of urea groups is 1. The average molecular weight is 381 g/mol. The predicted molar refractivity (Wildman–Crippen MR) is 112 cm³/mol. The molecule has 1 aromatic heterocycles. The largest absolute Gasteiger partial charge is 0.322 e. The molecule has 29 heavy (non-hydrogen) atoms. The van der Waals surface area contributed by atoms with E-state index in [1.165, 1.54) is 0 Å². The number of benzene rings is 3. The lowest BCUT2D eigenvalue weighted by Gasteiger charge is -2.29. The maximum atomic E-state index is 12.6. The normalized spacial score (nSPS) is 13.1. The van der Waals surface area contributed by atoms with Gasteiger partial charge < -0.3 is 10.2 Å². The van der Waals surface area contributed by atoms with Gasteiger partial charge in [-0.05, 0) is 41.0 Å². The maximum absolute atomic E-state index is 12.6. The third-order valence-corrected chi connectivity index (χ3v) is 5.02. The lowest BCUT2D eigenvalue weighted by Crippen LogP contribution is -2.38. The Kier molecular flexibility index (Phi) is 4.29. The van der Waals surface area contributed by atoms with Crippen molar-refractivity contribution in [3.63, 3.8) is 0 Å². The molecule has 0 saturated carbocycles. The van der Waals surface area contributed by atoms with Crippen molar-refractivity contribution in [1.29, 1.82) is 0 Å². The molecule has 2 heterocycles. The number of anilines is 1. The van der Waals surface area contributed by atoms with E-state index in [1.54, 1.807) is 9.58 Å². The lowest BCUT2D eigenvalue weighted by atomic mass is 10.0. The van der Waals surface area contributed by atoms with Crippen LogP contribution in [-0.2, 0) is 13.1 Å². The molecule has 0 fully saturated rings. The molecule has 6 heteroatoms. The van der Waals surface area contributed by atoms with E-state index in [-0.39, 0.29) is 6.03 Å². The van der Waals surface area contributed by atoms with Crippen molar-refractivity contribution in [2.45, 2.75) is 13.1 Å². The number of fused-ring (bicyclic) bond motifs is 1. The summed E-state index contributed by atoms with van der Waals surface area (Å²) in [6.45, 7) is 0.924. The van der Waals surface area contributed by atoms with Gasteiger partial charge in [-0.15, -0.1) is 5.10 Å². The number of rotatable bonds is 4. The van der Waals surface area contributed by atoms with Crippen LogP contribution >= 0.6 is 0 Å². The molecule has 0 bridgehead atoms. The van der Waals surface area contributed by atoms with Gasteiger partial charge in [0.15, 0.2) is 0 Å². The minimum atomic E-state index is -0.126. The van der Waals surface area contributed by atoms with Crippen molar-refractivity contribution < 1.29 is 4.79 Å². The van der Waals surface area contributed by atoms with Gasteiger partial charge in [0, 0.05) is 12.2 Å². The molecule has 142 valence electrons. The van der Waals surface area contributed by atoms with Crippen LogP contribution in [0.3, 0.4) is 0 Å². The summed E-state index contributed by atoms with van der Waals surface area (Å²) < 4.78 is 1.72. The van der Waals surface area contributed by atoms with Gasteiger partial charge in [-0.25, -0.2) is 9.48 Å². The molecule has 4 aromatic rings. The Labute approximate surface area is 168 Å². The van der Waals surface area contributed by atoms with Crippen molar-refractivity contribution in [3.05, 3.63) is 96.3 Å². The van der Waals surface area contributed by atoms with Gasteiger partial charge in [0.05, 0.1) is 18.4 Å². The van der Waals surface area contributed by atoms with Gasteiger partial charge in [-0.3, -0.25) is 0 Å². The first-order chi connectivity index (χ1) is 14.3. The van der Waals surface area contributed by atoms with E-state index >= 15 is 0 Å². The first kappa shape index (κ1) is 17.2. The van der Waals surface area contributed by atoms with E-state index in [1.807, 2.05) is 66.9 Å². The van der Waals surface area contributed by atoms with Gasteiger partial charge in [0.25, 0.3) is 0 Å². The number of carbonyl (C=O) groups excluding carboxylic acids is 1. The minimum Gasteiger partial charge on any atom is -0.314 e. The number of hydrogen-bond donors (Lipinski definition) is 1. The zero-order chi connectivity index (χ0) is 19.6. The fraction of sp³-hybridized carbons (Fsp3) is 0.0870. The van der Waals surface area contributed by atoms with Crippen LogP contribution < -0.4 is 5.32 Å². The Morgan fingerprint density at radius 2 is 1.66 bits per heavy atom. The third kappa shape index (κ3) is 3.48. The highest BCUT2D eigenvalue weighted by molar-refractivity contribution is 5.92. The molecule has 6 nitrogen and oxygen atoms in total. The van der Waals surface area contributed by atoms with Crippen molar-refractivity contribution in [2.75, 3.05) is 5.32 Å². The quantitative estimate of drug-likeness (QED) is 0.567. The second kappa shape index (κ2) is 7.24. The molecule has 3 aromatic carbocycles. The fourth-order valence-corrected chi connectivity index (χ4v) is 3.53. The van der Waals surface area contributed by atoms with E-state index in [2.05, 4.69) is 33.8 Å². The average Bonchev–Trinajstić information content (AvgIpc) is 3.24. The number of amides is 2. The number of carbonyl (C=O) groups is 1. The molecule has 1 aliphatic heterocycles. The molecule has 0 radical (unpaired) electrons. The monoisotopic (exact) mass is 381 g/mol. The van der Waals surface area contributed by atoms with Crippen molar-refractivity contribution >= 4 is 11.7 Å². The van der Waals surface area contributed by atoms with Crippen LogP contribution in [-0.4, -0.2) is 25.9 Å². The molecule has 0 unspecified atom stereocenters. The molecule has 0 aliphatic carbocycles. The smallest absolute Gasteiger partial charge is 0.314 e. The molecule has 1 N–H and O–H groups in total. The minimum absolute atomic E-state index is 0.126. The van der Waals surface area contributed by atoms with Crippen LogP contribution in [0.1, 0.15) is 11.3 Å². The first-order valence-electron chi connectivity index (χ1n) is 9.47. The second-order valence-corrected chi connectivity index (χ2v) is 7.01. The summed E-state index contributed by atoms with van der Waals surface area (Å²) in [5.41, 5.74) is 5.92. The Bertz CT molecular complexity index is 1150. The van der Waals surface area contributed by atoms with Gasteiger partial charge in [-0.2, -0.15) is 0 Å². The van der Waals surface area contributed by atoms with E-state index in [4.69, 9.17) is 0 Å². The topological polar surface area (TPSA) is 63.1 Å². The van der Waals surface area contributed by atoms with Gasteiger partial charge in [0.1, 0.15) is 5.69 Å². The molecular formula is C23H19N5O. The Morgan fingerprint density at radius 3 is 2.45 bits per heavy atom. The van der Waals surface area contributed by atoms with Crippen molar-refractivity contribution in [2.24, 2.45) is 0 Å². The third-order valence-electron chi connectivity index (χ3n) is 5.02. The highest BCUT2D eigenvalue weighted by Gasteiger charge is 2.24. The van der Waals surface area contributed by atoms with E-state index in [0.717, 1.165) is 33.8 Å². The van der Waals surface area contributed by atoms with Crippen LogP contribution in [0.5, 0.6) is 0 Å². The van der Waals surface area contributed by atoms with Gasteiger partial charge in [-0.1, -0.05) is 59.8 Å². The number of aromatic nitrogens is 3. The molecule has 0 saturated heterocycles. The summed E-state index contributed by atoms with van der Waals surface area (Å²) in [7, 11) is 0. The van der Waals surface area contributed by atoms with Gasteiger partial charge in [0.2, 0.25) is 0 Å². The zero-order valence-electron chi connectivity index (χ0n) is 15.7.